The summed E-state index contributed by atoms with van der Waals surface area (Å²) in [7, 11) is 0. The van der Waals surface area contributed by atoms with Crippen LogP contribution in [-0.4, -0.2) is 16.2 Å². The van der Waals surface area contributed by atoms with Gasteiger partial charge in [-0.2, -0.15) is 5.26 Å². The highest BCUT2D eigenvalue weighted by atomic mass is 16.6. The molecule has 1 aliphatic rings. The third-order valence-electron chi connectivity index (χ3n) is 4.81. The lowest BCUT2D eigenvalue weighted by molar-refractivity contribution is -0.563. The van der Waals surface area contributed by atoms with Crippen LogP contribution in [0.5, 0.6) is 0 Å². The zero-order valence-corrected chi connectivity index (χ0v) is 13.0. The van der Waals surface area contributed by atoms with Crippen LogP contribution in [-0.2, 0) is 4.79 Å². The summed E-state index contributed by atoms with van der Waals surface area (Å²) in [5.41, 5.74) is -0.536. The van der Waals surface area contributed by atoms with Crippen molar-refractivity contribution < 1.29 is 9.72 Å². The Balaban J connectivity index is 2.20. The topological polar surface area (TPSA) is 84.0 Å². The summed E-state index contributed by atoms with van der Waals surface area (Å²) < 4.78 is 0. The van der Waals surface area contributed by atoms with E-state index in [0.29, 0.717) is 11.1 Å². The highest BCUT2D eigenvalue weighted by Gasteiger charge is 2.61. The summed E-state index contributed by atoms with van der Waals surface area (Å²) >= 11 is 0. The van der Waals surface area contributed by atoms with Crippen molar-refractivity contribution in [2.45, 2.75) is 30.2 Å². The molecule has 0 radical (unpaired) electrons. The number of nitrogens with zero attached hydrogens (tertiary/aromatic N) is 2. The number of rotatable bonds is 3. The maximum absolute atomic E-state index is 12.3. The molecule has 0 heterocycles. The molecule has 5 nitrogen and oxygen atoms in total. The SMILES string of the molecule is N#CC1([N+](=O)[O-])C(c2ccccc2)CC(=O)CC1c1ccccc1. The molecule has 0 aliphatic heterocycles. The number of Topliss-reactive ketones (excluding diaryl/α,β-unsaturated/α-hetero) is 1. The Labute approximate surface area is 139 Å². The lowest BCUT2D eigenvalue weighted by Gasteiger charge is -2.37. The maximum atomic E-state index is 12.3. The average molecular weight is 320 g/mol. The van der Waals surface area contributed by atoms with E-state index in [1.54, 1.807) is 48.5 Å². The number of nitriles is 1. The minimum atomic E-state index is -1.85. The van der Waals surface area contributed by atoms with Crippen LogP contribution in [0.15, 0.2) is 60.7 Å². The number of carbonyl (C=O) groups is 1. The second kappa shape index (κ2) is 6.25. The van der Waals surface area contributed by atoms with Crippen LogP contribution in [0.25, 0.3) is 0 Å². The van der Waals surface area contributed by atoms with E-state index < -0.39 is 22.3 Å². The van der Waals surface area contributed by atoms with Crippen molar-refractivity contribution >= 4 is 5.78 Å². The van der Waals surface area contributed by atoms with E-state index in [0.717, 1.165) is 0 Å². The van der Waals surface area contributed by atoms with Gasteiger partial charge in [-0.25, -0.2) is 0 Å². The van der Waals surface area contributed by atoms with Crippen LogP contribution < -0.4 is 0 Å². The lowest BCUT2D eigenvalue weighted by atomic mass is 9.62. The third kappa shape index (κ3) is 2.46. The summed E-state index contributed by atoms with van der Waals surface area (Å²) in [5, 5.41) is 21.9. The highest BCUT2D eigenvalue weighted by Crippen LogP contribution is 2.49. The Morgan fingerprint density at radius 1 is 0.958 bits per heavy atom. The van der Waals surface area contributed by atoms with Crippen LogP contribution in [0.1, 0.15) is 35.8 Å². The molecule has 1 fully saturated rings. The fourth-order valence-electron chi connectivity index (χ4n) is 3.66. The van der Waals surface area contributed by atoms with Crippen molar-refractivity contribution in [3.63, 3.8) is 0 Å². The Morgan fingerprint density at radius 2 is 1.38 bits per heavy atom. The maximum Gasteiger partial charge on any atom is 0.319 e. The van der Waals surface area contributed by atoms with Gasteiger partial charge in [-0.3, -0.25) is 14.9 Å². The lowest BCUT2D eigenvalue weighted by Crippen LogP contribution is -2.52. The number of hydrogen-bond acceptors (Lipinski definition) is 4. The van der Waals surface area contributed by atoms with Gasteiger partial charge < -0.3 is 0 Å². The Bertz CT molecular complexity index is 745. The molecule has 5 heteroatoms. The van der Waals surface area contributed by atoms with Gasteiger partial charge in [0.25, 0.3) is 0 Å². The Hall–Kier alpha value is -3.00. The van der Waals surface area contributed by atoms with Gasteiger partial charge >= 0.3 is 5.54 Å². The quantitative estimate of drug-likeness (QED) is 0.640. The van der Waals surface area contributed by atoms with Crippen LogP contribution in [0, 0.1) is 21.4 Å². The summed E-state index contributed by atoms with van der Waals surface area (Å²) in [6, 6.07) is 19.7. The highest BCUT2D eigenvalue weighted by molar-refractivity contribution is 5.82. The minimum absolute atomic E-state index is 0.0158. The first kappa shape index (κ1) is 15.9. The van der Waals surface area contributed by atoms with Crippen molar-refractivity contribution in [1.29, 1.82) is 5.26 Å². The van der Waals surface area contributed by atoms with E-state index >= 15 is 0 Å². The van der Waals surface area contributed by atoms with E-state index in [1.165, 1.54) is 0 Å². The molecular formula is C19H16N2O3. The Kier molecular flexibility index (Phi) is 4.13. The molecule has 2 atom stereocenters. The fourth-order valence-corrected chi connectivity index (χ4v) is 3.66. The van der Waals surface area contributed by atoms with Gasteiger partial charge in [-0.1, -0.05) is 60.7 Å². The smallest absolute Gasteiger partial charge is 0.300 e. The standard InChI is InChI=1S/C19H16N2O3/c20-13-19(21(23)24)17(14-7-3-1-4-8-14)11-16(22)12-18(19)15-9-5-2-6-10-15/h1-10,17-18H,11-12H2. The molecule has 2 aromatic carbocycles. The molecule has 2 unspecified atom stereocenters. The zero-order chi connectivity index (χ0) is 17.2. The van der Waals surface area contributed by atoms with E-state index in [1.807, 2.05) is 18.2 Å². The van der Waals surface area contributed by atoms with E-state index in [9.17, 15) is 20.2 Å². The monoisotopic (exact) mass is 320 g/mol. The molecule has 120 valence electrons. The van der Waals surface area contributed by atoms with Crippen LogP contribution in [0.3, 0.4) is 0 Å². The molecule has 0 amide bonds. The predicted molar refractivity (Wildman–Crippen MR) is 87.9 cm³/mol. The molecule has 0 spiro atoms. The molecular weight excluding hydrogens is 304 g/mol. The van der Waals surface area contributed by atoms with Gasteiger partial charge in [0.15, 0.2) is 0 Å². The molecule has 3 rings (SSSR count). The van der Waals surface area contributed by atoms with Crippen molar-refractivity contribution in [3.8, 4) is 6.07 Å². The van der Waals surface area contributed by atoms with Crippen molar-refractivity contribution in [3.05, 3.63) is 81.9 Å². The van der Waals surface area contributed by atoms with Crippen LogP contribution >= 0.6 is 0 Å². The molecule has 1 saturated carbocycles. The van der Waals surface area contributed by atoms with Gasteiger partial charge in [0.05, 0.1) is 11.8 Å². The predicted octanol–water partition coefficient (Wildman–Crippen LogP) is 3.46. The molecule has 0 bridgehead atoms. The van der Waals surface area contributed by atoms with Crippen LogP contribution in [0.4, 0.5) is 0 Å². The summed E-state index contributed by atoms with van der Waals surface area (Å²) in [6.07, 6.45) is 0.0315. The molecule has 0 saturated heterocycles. The molecule has 24 heavy (non-hydrogen) atoms. The fraction of sp³-hybridized carbons (Fsp3) is 0.263. The van der Waals surface area contributed by atoms with Crippen molar-refractivity contribution in [2.75, 3.05) is 0 Å². The first-order valence-electron chi connectivity index (χ1n) is 7.77. The first-order chi connectivity index (χ1) is 11.6. The number of benzene rings is 2. The van der Waals surface area contributed by atoms with Crippen LogP contribution in [0.2, 0.25) is 0 Å². The molecule has 0 N–H and O–H groups in total. The minimum Gasteiger partial charge on any atom is -0.300 e. The average Bonchev–Trinajstić information content (AvgIpc) is 2.62. The zero-order valence-electron chi connectivity index (χ0n) is 13.0. The van der Waals surface area contributed by atoms with Gasteiger partial charge in [0.2, 0.25) is 0 Å². The van der Waals surface area contributed by atoms with Gasteiger partial charge in [-0.15, -0.1) is 0 Å². The number of nitro groups is 1. The summed E-state index contributed by atoms with van der Waals surface area (Å²) in [4.78, 5) is 23.9. The summed E-state index contributed by atoms with van der Waals surface area (Å²) in [6.45, 7) is 0. The number of ketones is 1. The van der Waals surface area contributed by atoms with E-state index in [4.69, 9.17) is 0 Å². The largest absolute Gasteiger partial charge is 0.319 e. The van der Waals surface area contributed by atoms with E-state index in [-0.39, 0.29) is 18.6 Å². The second-order valence-corrected chi connectivity index (χ2v) is 6.07. The van der Waals surface area contributed by atoms with E-state index in [2.05, 4.69) is 0 Å². The second-order valence-electron chi connectivity index (χ2n) is 6.07. The summed E-state index contributed by atoms with van der Waals surface area (Å²) in [5.74, 6) is -1.57. The normalized spacial score (nSPS) is 26.5. The van der Waals surface area contributed by atoms with Gasteiger partial charge in [0, 0.05) is 17.8 Å². The Morgan fingerprint density at radius 3 is 1.71 bits per heavy atom. The van der Waals surface area contributed by atoms with Crippen molar-refractivity contribution in [1.82, 2.24) is 0 Å². The molecule has 0 aromatic heterocycles. The first-order valence-corrected chi connectivity index (χ1v) is 7.77. The third-order valence-corrected chi connectivity index (χ3v) is 4.81. The number of carbonyl (C=O) groups excluding carboxylic acids is 1. The van der Waals surface area contributed by atoms with Gasteiger partial charge in [-0.05, 0) is 11.1 Å². The molecule has 1 aliphatic carbocycles. The van der Waals surface area contributed by atoms with Gasteiger partial charge in [0.1, 0.15) is 11.9 Å². The molecule has 2 aromatic rings. The number of hydrogen-bond donors (Lipinski definition) is 0. The van der Waals surface area contributed by atoms with Crippen molar-refractivity contribution in [2.24, 2.45) is 0 Å².